The van der Waals surface area contributed by atoms with Crippen LogP contribution in [0.2, 0.25) is 5.02 Å². The second kappa shape index (κ2) is 7.64. The molecule has 1 heterocycles. The van der Waals surface area contributed by atoms with Crippen molar-refractivity contribution in [3.63, 3.8) is 0 Å². The minimum atomic E-state index is 0.0420. The largest absolute Gasteiger partial charge is 0.496 e. The molecule has 0 amide bonds. The number of Topliss-reactive ketones (excluding diaryl/α,β-unsaturated/α-hetero) is 1. The van der Waals surface area contributed by atoms with Gasteiger partial charge in [-0.15, -0.1) is 0 Å². The van der Waals surface area contributed by atoms with Crippen LogP contribution in [-0.4, -0.2) is 57.6 Å². The molecule has 0 saturated carbocycles. The molecule has 1 aliphatic rings. The Hall–Kier alpha value is -1.30. The number of ketones is 1. The topological polar surface area (TPSA) is 50.8 Å². The van der Waals surface area contributed by atoms with Gasteiger partial charge in [0.15, 0.2) is 5.78 Å². The lowest BCUT2D eigenvalue weighted by Gasteiger charge is -2.26. The van der Waals surface area contributed by atoms with Crippen LogP contribution in [0.1, 0.15) is 16.8 Å². The van der Waals surface area contributed by atoms with Crippen molar-refractivity contribution in [2.45, 2.75) is 6.42 Å². The molecule has 116 valence electrons. The molecule has 0 unspecified atom stereocenters. The lowest BCUT2D eigenvalue weighted by atomic mass is 10.1. The van der Waals surface area contributed by atoms with Gasteiger partial charge < -0.3 is 19.7 Å². The van der Waals surface area contributed by atoms with E-state index in [-0.39, 0.29) is 5.78 Å². The van der Waals surface area contributed by atoms with Crippen molar-refractivity contribution in [2.24, 2.45) is 0 Å². The van der Waals surface area contributed by atoms with Crippen molar-refractivity contribution in [1.29, 1.82) is 0 Å². The summed E-state index contributed by atoms with van der Waals surface area (Å²) >= 11 is 6.05. The Morgan fingerprint density at radius 1 is 1.24 bits per heavy atom. The monoisotopic (exact) mass is 312 g/mol. The second-order valence-electron chi connectivity index (χ2n) is 4.95. The summed E-state index contributed by atoms with van der Waals surface area (Å²) in [5, 5.41) is 3.73. The SMILES string of the molecule is COc1cc(C(=O)CCN2CCNCC2)c(OC)cc1Cl. The predicted molar refractivity (Wildman–Crippen MR) is 82.8 cm³/mol. The molecule has 1 fully saturated rings. The van der Waals surface area contributed by atoms with Crippen LogP contribution in [0.15, 0.2) is 12.1 Å². The summed E-state index contributed by atoms with van der Waals surface area (Å²) in [6.07, 6.45) is 0.459. The molecule has 5 nitrogen and oxygen atoms in total. The average Bonchev–Trinajstić information content (AvgIpc) is 2.53. The first kappa shape index (κ1) is 16.1. The normalized spacial score (nSPS) is 15.8. The van der Waals surface area contributed by atoms with Crippen LogP contribution in [0.5, 0.6) is 11.5 Å². The van der Waals surface area contributed by atoms with Gasteiger partial charge in [-0.1, -0.05) is 11.6 Å². The van der Waals surface area contributed by atoms with Gasteiger partial charge in [0.05, 0.1) is 24.8 Å². The van der Waals surface area contributed by atoms with Crippen LogP contribution in [0.25, 0.3) is 0 Å². The fourth-order valence-corrected chi connectivity index (χ4v) is 2.64. The van der Waals surface area contributed by atoms with Gasteiger partial charge in [0.2, 0.25) is 0 Å². The van der Waals surface area contributed by atoms with Gasteiger partial charge in [-0.3, -0.25) is 4.79 Å². The van der Waals surface area contributed by atoms with Crippen molar-refractivity contribution >= 4 is 17.4 Å². The molecule has 0 aliphatic carbocycles. The minimum Gasteiger partial charge on any atom is -0.496 e. The Morgan fingerprint density at radius 3 is 2.52 bits per heavy atom. The van der Waals surface area contributed by atoms with Crippen molar-refractivity contribution < 1.29 is 14.3 Å². The molecule has 1 N–H and O–H groups in total. The molecule has 0 bridgehead atoms. The fraction of sp³-hybridized carbons (Fsp3) is 0.533. The first-order valence-electron chi connectivity index (χ1n) is 7.03. The highest BCUT2D eigenvalue weighted by molar-refractivity contribution is 6.32. The van der Waals surface area contributed by atoms with E-state index in [0.717, 1.165) is 32.7 Å². The number of rotatable bonds is 6. The number of ether oxygens (including phenoxy) is 2. The predicted octanol–water partition coefficient (Wildman–Crippen LogP) is 1.84. The summed E-state index contributed by atoms with van der Waals surface area (Å²) in [6.45, 7) is 4.68. The van der Waals surface area contributed by atoms with Crippen LogP contribution < -0.4 is 14.8 Å². The van der Waals surface area contributed by atoms with Gasteiger partial charge in [0.25, 0.3) is 0 Å². The number of benzene rings is 1. The summed E-state index contributed by atoms with van der Waals surface area (Å²) in [6, 6.07) is 3.28. The Labute approximate surface area is 130 Å². The molecular formula is C15H21ClN2O3. The molecular weight excluding hydrogens is 292 g/mol. The third-order valence-electron chi connectivity index (χ3n) is 3.64. The highest BCUT2D eigenvalue weighted by atomic mass is 35.5. The number of piperazine rings is 1. The Bertz CT molecular complexity index is 502. The van der Waals surface area contributed by atoms with E-state index in [1.807, 2.05) is 0 Å². The third-order valence-corrected chi connectivity index (χ3v) is 3.93. The smallest absolute Gasteiger partial charge is 0.168 e. The van der Waals surface area contributed by atoms with Gasteiger partial charge in [-0.25, -0.2) is 0 Å². The number of hydrogen-bond acceptors (Lipinski definition) is 5. The number of carbonyl (C=O) groups excluding carboxylic acids is 1. The summed E-state index contributed by atoms with van der Waals surface area (Å²) in [7, 11) is 3.06. The molecule has 1 saturated heterocycles. The minimum absolute atomic E-state index is 0.0420. The number of nitrogens with zero attached hydrogens (tertiary/aromatic N) is 1. The maximum atomic E-state index is 12.4. The summed E-state index contributed by atoms with van der Waals surface area (Å²) in [5.74, 6) is 1.02. The number of nitrogens with one attached hydrogen (secondary N) is 1. The van der Waals surface area contributed by atoms with E-state index in [1.165, 1.54) is 14.2 Å². The van der Waals surface area contributed by atoms with Crippen LogP contribution in [0, 0.1) is 0 Å². The summed E-state index contributed by atoms with van der Waals surface area (Å²) in [4.78, 5) is 14.7. The number of halogens is 1. The zero-order valence-corrected chi connectivity index (χ0v) is 13.2. The van der Waals surface area contributed by atoms with Crippen LogP contribution in [0.4, 0.5) is 0 Å². The molecule has 1 aromatic carbocycles. The number of carbonyl (C=O) groups is 1. The first-order chi connectivity index (χ1) is 10.2. The Kier molecular flexibility index (Phi) is 5.85. The second-order valence-corrected chi connectivity index (χ2v) is 5.36. The molecule has 2 rings (SSSR count). The summed E-state index contributed by atoms with van der Waals surface area (Å²) < 4.78 is 10.4. The first-order valence-corrected chi connectivity index (χ1v) is 7.41. The van der Waals surface area contributed by atoms with E-state index in [9.17, 15) is 4.79 Å². The standard InChI is InChI=1S/C15H21ClN2O3/c1-20-14-10-12(16)15(21-2)9-11(14)13(19)3-6-18-7-4-17-5-8-18/h9-10,17H,3-8H2,1-2H3. The van der Waals surface area contributed by atoms with Crippen molar-refractivity contribution in [3.05, 3.63) is 22.7 Å². The van der Waals surface area contributed by atoms with E-state index < -0.39 is 0 Å². The lowest BCUT2D eigenvalue weighted by molar-refractivity contribution is 0.0957. The zero-order valence-electron chi connectivity index (χ0n) is 12.4. The molecule has 0 atom stereocenters. The molecule has 6 heteroatoms. The maximum absolute atomic E-state index is 12.4. The van der Waals surface area contributed by atoms with E-state index in [2.05, 4.69) is 10.2 Å². The maximum Gasteiger partial charge on any atom is 0.168 e. The highest BCUT2D eigenvalue weighted by Gasteiger charge is 2.18. The molecule has 21 heavy (non-hydrogen) atoms. The van der Waals surface area contributed by atoms with Crippen LogP contribution in [0.3, 0.4) is 0 Å². The van der Waals surface area contributed by atoms with Crippen molar-refractivity contribution in [1.82, 2.24) is 10.2 Å². The molecule has 0 spiro atoms. The molecule has 1 aromatic rings. The Balaban J connectivity index is 2.06. The average molecular weight is 313 g/mol. The molecule has 0 radical (unpaired) electrons. The van der Waals surface area contributed by atoms with Crippen LogP contribution >= 0.6 is 11.6 Å². The zero-order chi connectivity index (χ0) is 15.2. The van der Waals surface area contributed by atoms with Gasteiger partial charge in [0.1, 0.15) is 11.5 Å². The fourth-order valence-electron chi connectivity index (χ4n) is 2.41. The van der Waals surface area contributed by atoms with E-state index in [4.69, 9.17) is 21.1 Å². The quantitative estimate of drug-likeness (QED) is 0.812. The van der Waals surface area contributed by atoms with Gasteiger partial charge in [0, 0.05) is 45.2 Å². The van der Waals surface area contributed by atoms with Crippen molar-refractivity contribution in [3.8, 4) is 11.5 Å². The van der Waals surface area contributed by atoms with Gasteiger partial charge >= 0.3 is 0 Å². The summed E-state index contributed by atoms with van der Waals surface area (Å²) in [5.41, 5.74) is 0.522. The van der Waals surface area contributed by atoms with Gasteiger partial charge in [-0.05, 0) is 6.07 Å². The molecule has 1 aliphatic heterocycles. The van der Waals surface area contributed by atoms with Crippen molar-refractivity contribution in [2.75, 3.05) is 46.9 Å². The lowest BCUT2D eigenvalue weighted by Crippen LogP contribution is -2.44. The number of methoxy groups -OCH3 is 2. The van der Waals surface area contributed by atoms with Crippen LogP contribution in [-0.2, 0) is 0 Å². The van der Waals surface area contributed by atoms with E-state index in [0.29, 0.717) is 28.5 Å². The van der Waals surface area contributed by atoms with Gasteiger partial charge in [-0.2, -0.15) is 0 Å². The molecule has 0 aromatic heterocycles. The highest BCUT2D eigenvalue weighted by Crippen LogP contribution is 2.33. The Morgan fingerprint density at radius 2 is 1.90 bits per heavy atom. The third kappa shape index (κ3) is 4.09. The van der Waals surface area contributed by atoms with E-state index >= 15 is 0 Å². The number of hydrogen-bond donors (Lipinski definition) is 1. The van der Waals surface area contributed by atoms with E-state index in [1.54, 1.807) is 12.1 Å².